The number of benzene rings is 1. The van der Waals surface area contributed by atoms with E-state index in [1.54, 1.807) is 4.90 Å². The summed E-state index contributed by atoms with van der Waals surface area (Å²) in [6.07, 6.45) is 3.30. The van der Waals surface area contributed by atoms with Crippen LogP contribution in [0, 0.1) is 6.92 Å². The number of sulfonamides is 1. The van der Waals surface area contributed by atoms with Gasteiger partial charge in [-0.3, -0.25) is 4.79 Å². The van der Waals surface area contributed by atoms with E-state index in [4.69, 9.17) is 16.1 Å². The van der Waals surface area contributed by atoms with Gasteiger partial charge in [0.15, 0.2) is 5.76 Å². The van der Waals surface area contributed by atoms with Gasteiger partial charge in [-0.05, 0) is 50.8 Å². The van der Waals surface area contributed by atoms with Crippen molar-refractivity contribution in [3.63, 3.8) is 0 Å². The minimum atomic E-state index is -3.62. The summed E-state index contributed by atoms with van der Waals surface area (Å²) < 4.78 is 32.5. The number of carbonyl (C=O) groups is 1. The number of hydrogen-bond acceptors (Lipinski definition) is 5. The number of aromatic nitrogens is 1. The second-order valence-corrected chi connectivity index (χ2v) is 9.63. The maximum atomic E-state index is 13.2. The fourth-order valence-corrected chi connectivity index (χ4v) is 5.65. The van der Waals surface area contributed by atoms with Crippen LogP contribution in [0.5, 0.6) is 0 Å². The van der Waals surface area contributed by atoms with Crippen molar-refractivity contribution in [1.29, 1.82) is 0 Å². The lowest BCUT2D eigenvalue weighted by molar-refractivity contribution is 0.0714. The molecule has 0 radical (unpaired) electrons. The highest BCUT2D eigenvalue weighted by Gasteiger charge is 2.35. The molecular formula is C19H22ClN3O4S. The summed E-state index contributed by atoms with van der Waals surface area (Å²) in [5.74, 6) is 0.348. The molecule has 7 nitrogen and oxygen atoms in total. The third-order valence-corrected chi connectivity index (χ3v) is 7.58. The van der Waals surface area contributed by atoms with Gasteiger partial charge in [-0.25, -0.2) is 8.42 Å². The lowest BCUT2D eigenvalue weighted by Gasteiger charge is -2.24. The molecule has 1 atom stereocenters. The number of carbonyl (C=O) groups excluding carboxylic acids is 1. The standard InChI is InChI=1S/C19H22ClN3O4S/c1-13-11-18(27-21-13)17-5-4-10-23(17)19(24)15-12-14(6-7-16(15)20)28(25,26)22-8-2-3-9-22/h6-7,11-12,17H,2-5,8-10H2,1H3. The fourth-order valence-electron chi connectivity index (χ4n) is 3.91. The molecule has 2 aromatic rings. The Labute approximate surface area is 169 Å². The highest BCUT2D eigenvalue weighted by atomic mass is 35.5. The molecule has 1 amide bonds. The molecule has 4 rings (SSSR count). The third-order valence-electron chi connectivity index (χ3n) is 5.36. The highest BCUT2D eigenvalue weighted by Crippen LogP contribution is 2.35. The van der Waals surface area contributed by atoms with Crippen LogP contribution in [0.3, 0.4) is 0 Å². The number of aryl methyl sites for hydroxylation is 1. The maximum Gasteiger partial charge on any atom is 0.256 e. The quantitative estimate of drug-likeness (QED) is 0.752. The largest absolute Gasteiger partial charge is 0.359 e. The Kier molecular flexibility index (Phi) is 5.20. The zero-order valence-corrected chi connectivity index (χ0v) is 17.2. The van der Waals surface area contributed by atoms with Crippen molar-refractivity contribution < 1.29 is 17.7 Å². The van der Waals surface area contributed by atoms with Crippen LogP contribution in [0.4, 0.5) is 0 Å². The van der Waals surface area contributed by atoms with Crippen molar-refractivity contribution >= 4 is 27.5 Å². The molecule has 1 aromatic carbocycles. The Morgan fingerprint density at radius 2 is 1.93 bits per heavy atom. The zero-order valence-electron chi connectivity index (χ0n) is 15.6. The first-order valence-corrected chi connectivity index (χ1v) is 11.2. The summed E-state index contributed by atoms with van der Waals surface area (Å²) in [6.45, 7) is 3.40. The monoisotopic (exact) mass is 423 g/mol. The Hall–Kier alpha value is -1.90. The number of nitrogens with zero attached hydrogens (tertiary/aromatic N) is 3. The first kappa shape index (κ1) is 19.4. The van der Waals surface area contributed by atoms with Gasteiger partial charge in [-0.15, -0.1) is 0 Å². The molecule has 9 heteroatoms. The predicted octanol–water partition coefficient (Wildman–Crippen LogP) is 3.40. The Morgan fingerprint density at radius 1 is 1.18 bits per heavy atom. The molecular weight excluding hydrogens is 402 g/mol. The van der Waals surface area contributed by atoms with Crippen LogP contribution in [0.25, 0.3) is 0 Å². The molecule has 2 aliphatic rings. The minimum Gasteiger partial charge on any atom is -0.359 e. The Bertz CT molecular complexity index is 998. The van der Waals surface area contributed by atoms with Crippen molar-refractivity contribution in [2.24, 2.45) is 0 Å². The minimum absolute atomic E-state index is 0.105. The smallest absolute Gasteiger partial charge is 0.256 e. The van der Waals surface area contributed by atoms with E-state index in [1.165, 1.54) is 22.5 Å². The molecule has 2 fully saturated rings. The normalized spacial score (nSPS) is 20.8. The summed E-state index contributed by atoms with van der Waals surface area (Å²) in [7, 11) is -3.62. The molecule has 0 spiro atoms. The van der Waals surface area contributed by atoms with Crippen LogP contribution in [-0.4, -0.2) is 48.3 Å². The lowest BCUT2D eigenvalue weighted by Crippen LogP contribution is -2.31. The first-order chi connectivity index (χ1) is 13.4. The summed E-state index contributed by atoms with van der Waals surface area (Å²) in [5, 5.41) is 4.15. The van der Waals surface area contributed by atoms with E-state index in [9.17, 15) is 13.2 Å². The molecule has 0 saturated carbocycles. The average Bonchev–Trinajstić information content (AvgIpc) is 3.42. The summed E-state index contributed by atoms with van der Waals surface area (Å²) in [5.41, 5.74) is 0.955. The molecule has 1 aromatic heterocycles. The van der Waals surface area contributed by atoms with Crippen molar-refractivity contribution in [2.75, 3.05) is 19.6 Å². The van der Waals surface area contributed by atoms with Crippen LogP contribution in [0.1, 0.15) is 53.5 Å². The molecule has 0 N–H and O–H groups in total. The van der Waals surface area contributed by atoms with E-state index in [-0.39, 0.29) is 27.4 Å². The first-order valence-electron chi connectivity index (χ1n) is 9.42. The van der Waals surface area contributed by atoms with E-state index in [0.29, 0.717) is 25.4 Å². The zero-order chi connectivity index (χ0) is 19.9. The number of amides is 1. The van der Waals surface area contributed by atoms with Gasteiger partial charge in [0, 0.05) is 25.7 Å². The second kappa shape index (κ2) is 7.50. The second-order valence-electron chi connectivity index (χ2n) is 7.28. The van der Waals surface area contributed by atoms with Gasteiger partial charge in [-0.2, -0.15) is 4.31 Å². The van der Waals surface area contributed by atoms with Crippen LogP contribution in [0.15, 0.2) is 33.7 Å². The van der Waals surface area contributed by atoms with Crippen LogP contribution < -0.4 is 0 Å². The Balaban J connectivity index is 1.65. The topological polar surface area (TPSA) is 83.7 Å². The highest BCUT2D eigenvalue weighted by molar-refractivity contribution is 7.89. The van der Waals surface area contributed by atoms with Crippen LogP contribution in [-0.2, 0) is 10.0 Å². The molecule has 150 valence electrons. The molecule has 2 saturated heterocycles. The van der Waals surface area contributed by atoms with E-state index in [0.717, 1.165) is 31.4 Å². The average molecular weight is 424 g/mol. The predicted molar refractivity (Wildman–Crippen MR) is 104 cm³/mol. The molecule has 28 heavy (non-hydrogen) atoms. The summed E-state index contributed by atoms with van der Waals surface area (Å²) in [6, 6.07) is 5.96. The number of likely N-dealkylation sites (tertiary alicyclic amines) is 1. The van der Waals surface area contributed by atoms with Crippen molar-refractivity contribution in [3.8, 4) is 0 Å². The summed E-state index contributed by atoms with van der Waals surface area (Å²) in [4.78, 5) is 15.0. The van der Waals surface area contributed by atoms with Gasteiger partial charge in [0.1, 0.15) is 0 Å². The fraction of sp³-hybridized carbons (Fsp3) is 0.474. The lowest BCUT2D eigenvalue weighted by atomic mass is 10.1. The van der Waals surface area contributed by atoms with E-state index < -0.39 is 10.0 Å². The molecule has 0 bridgehead atoms. The molecule has 3 heterocycles. The van der Waals surface area contributed by atoms with Crippen LogP contribution in [0.2, 0.25) is 5.02 Å². The van der Waals surface area contributed by atoms with Gasteiger partial charge in [0.05, 0.1) is 27.2 Å². The molecule has 0 aliphatic carbocycles. The summed E-state index contributed by atoms with van der Waals surface area (Å²) >= 11 is 6.29. The van der Waals surface area contributed by atoms with E-state index >= 15 is 0 Å². The number of rotatable bonds is 4. The van der Waals surface area contributed by atoms with Gasteiger partial charge in [0.25, 0.3) is 5.91 Å². The molecule has 2 aliphatic heterocycles. The van der Waals surface area contributed by atoms with Crippen molar-refractivity contribution in [2.45, 2.75) is 43.5 Å². The van der Waals surface area contributed by atoms with Crippen molar-refractivity contribution in [1.82, 2.24) is 14.4 Å². The SMILES string of the molecule is Cc1cc(C2CCCN2C(=O)c2cc(S(=O)(=O)N3CCCC3)ccc2Cl)on1. The van der Waals surface area contributed by atoms with E-state index in [2.05, 4.69) is 5.16 Å². The number of halogens is 1. The van der Waals surface area contributed by atoms with E-state index in [1.807, 2.05) is 13.0 Å². The van der Waals surface area contributed by atoms with Crippen LogP contribution >= 0.6 is 11.6 Å². The number of hydrogen-bond donors (Lipinski definition) is 0. The maximum absolute atomic E-state index is 13.2. The third kappa shape index (κ3) is 3.44. The Morgan fingerprint density at radius 3 is 2.61 bits per heavy atom. The molecule has 1 unspecified atom stereocenters. The van der Waals surface area contributed by atoms with Gasteiger partial charge < -0.3 is 9.42 Å². The van der Waals surface area contributed by atoms with Gasteiger partial charge >= 0.3 is 0 Å². The van der Waals surface area contributed by atoms with Gasteiger partial charge in [-0.1, -0.05) is 16.8 Å². The van der Waals surface area contributed by atoms with Crippen molar-refractivity contribution in [3.05, 3.63) is 46.3 Å². The van der Waals surface area contributed by atoms with Gasteiger partial charge in [0.2, 0.25) is 10.0 Å².